The number of rotatable bonds is 4. The van der Waals surface area contributed by atoms with Crippen LogP contribution in [0.25, 0.3) is 0 Å². The second kappa shape index (κ2) is 7.58. The van der Waals surface area contributed by atoms with Crippen molar-refractivity contribution < 1.29 is 23.9 Å². The van der Waals surface area contributed by atoms with Gasteiger partial charge in [0, 0.05) is 20.0 Å². The molecule has 1 saturated heterocycles. The lowest BCUT2D eigenvalue weighted by atomic mass is 10.1. The van der Waals surface area contributed by atoms with E-state index in [1.807, 2.05) is 5.32 Å². The first kappa shape index (κ1) is 17.5. The van der Waals surface area contributed by atoms with Crippen LogP contribution in [0.1, 0.15) is 30.1 Å². The van der Waals surface area contributed by atoms with Crippen LogP contribution in [-0.2, 0) is 14.3 Å². The first-order valence-electron chi connectivity index (χ1n) is 7.57. The van der Waals surface area contributed by atoms with E-state index >= 15 is 0 Å². The highest BCUT2D eigenvalue weighted by Crippen LogP contribution is 2.26. The molecule has 1 atom stereocenters. The maximum absolute atomic E-state index is 12.4. The van der Waals surface area contributed by atoms with E-state index in [1.165, 1.54) is 24.9 Å². The molecule has 1 fully saturated rings. The Morgan fingerprint density at radius 1 is 1.25 bits per heavy atom. The molecule has 24 heavy (non-hydrogen) atoms. The third kappa shape index (κ3) is 3.89. The summed E-state index contributed by atoms with van der Waals surface area (Å²) in [6.45, 7) is 1.90. The zero-order chi connectivity index (χ0) is 17.7. The van der Waals surface area contributed by atoms with Crippen LogP contribution in [0.5, 0.6) is 0 Å². The van der Waals surface area contributed by atoms with Crippen LogP contribution in [0.15, 0.2) is 24.3 Å². The van der Waals surface area contributed by atoms with Gasteiger partial charge in [0.25, 0.3) is 5.91 Å². The molecule has 0 aliphatic carbocycles. The number of carbonyl (C=O) groups is 4. The van der Waals surface area contributed by atoms with Crippen molar-refractivity contribution in [2.24, 2.45) is 0 Å². The first-order chi connectivity index (χ1) is 11.4. The molecule has 8 heteroatoms. The van der Waals surface area contributed by atoms with Crippen molar-refractivity contribution in [1.82, 2.24) is 10.6 Å². The van der Waals surface area contributed by atoms with Gasteiger partial charge in [-0.2, -0.15) is 0 Å². The van der Waals surface area contributed by atoms with Crippen LogP contribution in [0.4, 0.5) is 10.5 Å². The molecule has 1 aromatic rings. The average Bonchev–Trinajstić information content (AvgIpc) is 3.00. The van der Waals surface area contributed by atoms with Gasteiger partial charge in [-0.3, -0.25) is 14.9 Å². The number of para-hydroxylation sites is 1. The smallest absolute Gasteiger partial charge is 0.341 e. The number of anilines is 1. The molecule has 2 rings (SSSR count). The van der Waals surface area contributed by atoms with E-state index in [0.29, 0.717) is 18.7 Å². The van der Waals surface area contributed by atoms with Crippen molar-refractivity contribution >= 4 is 29.5 Å². The number of nitrogens with zero attached hydrogens (tertiary/aromatic N) is 1. The Labute approximate surface area is 139 Å². The van der Waals surface area contributed by atoms with E-state index in [4.69, 9.17) is 4.74 Å². The average molecular weight is 333 g/mol. The van der Waals surface area contributed by atoms with Gasteiger partial charge in [0.05, 0.1) is 11.3 Å². The molecular formula is C16H19N3O5. The number of carbonyl (C=O) groups excluding carboxylic acids is 4. The highest BCUT2D eigenvalue weighted by Gasteiger charge is 2.27. The zero-order valence-electron chi connectivity index (χ0n) is 13.5. The fourth-order valence-corrected chi connectivity index (χ4v) is 2.34. The molecule has 1 aliphatic heterocycles. The number of esters is 1. The van der Waals surface area contributed by atoms with Gasteiger partial charge < -0.3 is 15.0 Å². The molecule has 1 aliphatic rings. The molecule has 0 bridgehead atoms. The van der Waals surface area contributed by atoms with Crippen molar-refractivity contribution in [1.29, 1.82) is 0 Å². The number of urea groups is 1. The summed E-state index contributed by atoms with van der Waals surface area (Å²) in [5.74, 6) is -1.53. The Bertz CT molecular complexity index is 673. The number of hydrogen-bond donors (Lipinski definition) is 2. The van der Waals surface area contributed by atoms with E-state index in [0.717, 1.165) is 6.42 Å². The van der Waals surface area contributed by atoms with Crippen LogP contribution in [0, 0.1) is 0 Å². The molecule has 1 aromatic carbocycles. The third-order valence-electron chi connectivity index (χ3n) is 3.61. The second-order valence-electron chi connectivity index (χ2n) is 5.28. The molecule has 0 spiro atoms. The minimum Gasteiger partial charge on any atom is -0.449 e. The number of hydrogen-bond acceptors (Lipinski definition) is 5. The van der Waals surface area contributed by atoms with Crippen molar-refractivity contribution in [3.63, 3.8) is 0 Å². The lowest BCUT2D eigenvalue weighted by Crippen LogP contribution is -2.43. The number of amides is 4. The summed E-state index contributed by atoms with van der Waals surface area (Å²) in [4.78, 5) is 48.7. The molecule has 4 amide bonds. The van der Waals surface area contributed by atoms with Crippen molar-refractivity contribution in [3.8, 4) is 0 Å². The zero-order valence-corrected chi connectivity index (χ0v) is 13.5. The quantitative estimate of drug-likeness (QED) is 0.794. The summed E-state index contributed by atoms with van der Waals surface area (Å²) in [5.41, 5.74) is 0.663. The largest absolute Gasteiger partial charge is 0.449 e. The molecule has 1 heterocycles. The summed E-state index contributed by atoms with van der Waals surface area (Å²) in [6.07, 6.45) is 0.0127. The number of imide groups is 1. The first-order valence-corrected chi connectivity index (χ1v) is 7.57. The minimum absolute atomic E-state index is 0.0549. The molecule has 8 nitrogen and oxygen atoms in total. The Balaban J connectivity index is 2.11. The molecule has 0 aromatic heterocycles. The van der Waals surface area contributed by atoms with E-state index < -0.39 is 24.0 Å². The summed E-state index contributed by atoms with van der Waals surface area (Å²) >= 11 is 0. The fraction of sp³-hybridized carbons (Fsp3) is 0.375. The Kier molecular flexibility index (Phi) is 5.51. The van der Waals surface area contributed by atoms with Crippen LogP contribution in [0.3, 0.4) is 0 Å². The minimum atomic E-state index is -1.16. The molecule has 0 radical (unpaired) electrons. The van der Waals surface area contributed by atoms with Gasteiger partial charge in [0.1, 0.15) is 0 Å². The number of benzene rings is 1. The van der Waals surface area contributed by atoms with Crippen LogP contribution < -0.4 is 15.5 Å². The number of ether oxygens (including phenoxy) is 1. The molecular weight excluding hydrogens is 314 g/mol. The fourth-order valence-electron chi connectivity index (χ4n) is 2.34. The topological polar surface area (TPSA) is 105 Å². The van der Waals surface area contributed by atoms with Gasteiger partial charge in [0.2, 0.25) is 5.91 Å². The third-order valence-corrected chi connectivity index (χ3v) is 3.61. The van der Waals surface area contributed by atoms with E-state index in [1.54, 1.807) is 18.2 Å². The maximum atomic E-state index is 12.4. The van der Waals surface area contributed by atoms with Gasteiger partial charge in [0.15, 0.2) is 6.10 Å². The van der Waals surface area contributed by atoms with Crippen LogP contribution in [0.2, 0.25) is 0 Å². The lowest BCUT2D eigenvalue weighted by Gasteiger charge is -2.20. The Morgan fingerprint density at radius 2 is 1.96 bits per heavy atom. The molecule has 0 unspecified atom stereocenters. The van der Waals surface area contributed by atoms with E-state index in [-0.39, 0.29) is 11.5 Å². The highest BCUT2D eigenvalue weighted by atomic mass is 16.5. The van der Waals surface area contributed by atoms with E-state index in [9.17, 15) is 19.2 Å². The van der Waals surface area contributed by atoms with Crippen LogP contribution >= 0.6 is 0 Å². The summed E-state index contributed by atoms with van der Waals surface area (Å²) in [6, 6.07) is 5.88. The molecule has 128 valence electrons. The normalized spacial score (nSPS) is 14.9. The Hall–Kier alpha value is -2.90. The maximum Gasteiger partial charge on any atom is 0.341 e. The predicted molar refractivity (Wildman–Crippen MR) is 85.5 cm³/mol. The number of nitrogens with one attached hydrogen (secondary N) is 2. The van der Waals surface area contributed by atoms with Crippen molar-refractivity contribution in [2.45, 2.75) is 25.9 Å². The lowest BCUT2D eigenvalue weighted by molar-refractivity contribution is -0.128. The standard InChI is InChI=1S/C16H19N3O5/c1-10(14(21)18-16(23)17-2)24-15(22)11-6-3-4-7-12(11)19-9-5-8-13(19)20/h3-4,6-7,10H,5,8-9H2,1-2H3,(H2,17,18,21,23)/t10-/m1/s1. The van der Waals surface area contributed by atoms with Crippen LogP contribution in [-0.4, -0.2) is 43.5 Å². The van der Waals surface area contributed by atoms with Crippen molar-refractivity contribution in [3.05, 3.63) is 29.8 Å². The summed E-state index contributed by atoms with van der Waals surface area (Å²) < 4.78 is 5.11. The van der Waals surface area contributed by atoms with Gasteiger partial charge in [-0.1, -0.05) is 12.1 Å². The van der Waals surface area contributed by atoms with Crippen molar-refractivity contribution in [2.75, 3.05) is 18.5 Å². The van der Waals surface area contributed by atoms with Gasteiger partial charge >= 0.3 is 12.0 Å². The van der Waals surface area contributed by atoms with Gasteiger partial charge in [-0.05, 0) is 25.5 Å². The summed E-state index contributed by atoms with van der Waals surface area (Å²) in [7, 11) is 1.36. The van der Waals surface area contributed by atoms with Gasteiger partial charge in [-0.15, -0.1) is 0 Å². The summed E-state index contributed by atoms with van der Waals surface area (Å²) in [5, 5.41) is 4.26. The second-order valence-corrected chi connectivity index (χ2v) is 5.28. The molecule has 0 saturated carbocycles. The molecule has 2 N–H and O–H groups in total. The Morgan fingerprint density at radius 3 is 2.58 bits per heavy atom. The highest BCUT2D eigenvalue weighted by molar-refractivity contribution is 6.04. The van der Waals surface area contributed by atoms with Gasteiger partial charge in [-0.25, -0.2) is 9.59 Å². The SMILES string of the molecule is CNC(=O)NC(=O)[C@@H](C)OC(=O)c1ccccc1N1CCCC1=O. The van der Waals surface area contributed by atoms with E-state index in [2.05, 4.69) is 5.32 Å². The monoisotopic (exact) mass is 333 g/mol. The predicted octanol–water partition coefficient (Wildman–Crippen LogP) is 0.814.